The monoisotopic (exact) mass is 418 g/mol. The molecular weight excluding hydrogens is 392 g/mol. The second kappa shape index (κ2) is 8.79. The summed E-state index contributed by atoms with van der Waals surface area (Å²) in [6.07, 6.45) is 3.92. The van der Waals surface area contributed by atoms with Crippen LogP contribution in [0.25, 0.3) is 6.08 Å². The fourth-order valence-electron chi connectivity index (χ4n) is 3.18. The summed E-state index contributed by atoms with van der Waals surface area (Å²) in [5.41, 5.74) is 3.05. The average Bonchev–Trinajstić information content (AvgIpc) is 3.02. The van der Waals surface area contributed by atoms with Crippen molar-refractivity contribution < 1.29 is 17.9 Å². The van der Waals surface area contributed by atoms with Gasteiger partial charge in [0.1, 0.15) is 5.82 Å². The maximum Gasteiger partial charge on any atom is 0.307 e. The lowest BCUT2D eigenvalue weighted by atomic mass is 10.2. The summed E-state index contributed by atoms with van der Waals surface area (Å²) in [5.74, 6) is 0.506. The number of hydrogen-bond acceptors (Lipinski definition) is 6. The number of carbonyl (C=O) groups excluding carboxylic acids is 1. The van der Waals surface area contributed by atoms with Gasteiger partial charge in [0.05, 0.1) is 35.9 Å². The first kappa shape index (κ1) is 21.1. The van der Waals surface area contributed by atoms with Crippen molar-refractivity contribution >= 4 is 22.1 Å². The zero-order valence-corrected chi connectivity index (χ0v) is 17.7. The SMILES string of the molecule is CCOC(=O)CCN(C)S(=O)(=O)c1ccc(Cn2c(C)nc3c2C=CNC3)cc1. The molecule has 29 heavy (non-hydrogen) atoms. The number of nitrogens with one attached hydrogen (secondary N) is 1. The highest BCUT2D eigenvalue weighted by molar-refractivity contribution is 7.89. The van der Waals surface area contributed by atoms with Crippen LogP contribution in [-0.4, -0.2) is 48.4 Å². The van der Waals surface area contributed by atoms with E-state index in [-0.39, 0.29) is 24.5 Å². The third-order valence-electron chi connectivity index (χ3n) is 4.81. The lowest BCUT2D eigenvalue weighted by Crippen LogP contribution is -2.29. The molecule has 2 heterocycles. The number of rotatable bonds is 8. The molecule has 9 heteroatoms. The van der Waals surface area contributed by atoms with Crippen molar-refractivity contribution in [1.29, 1.82) is 0 Å². The maximum atomic E-state index is 12.7. The predicted octanol–water partition coefficient (Wildman–Crippen LogP) is 1.89. The third-order valence-corrected chi connectivity index (χ3v) is 6.68. The molecule has 0 saturated carbocycles. The molecule has 1 aliphatic rings. The summed E-state index contributed by atoms with van der Waals surface area (Å²) in [6.45, 7) is 5.34. The van der Waals surface area contributed by atoms with E-state index >= 15 is 0 Å². The van der Waals surface area contributed by atoms with Gasteiger partial charge in [-0.05, 0) is 43.8 Å². The van der Waals surface area contributed by atoms with Crippen molar-refractivity contribution in [3.05, 3.63) is 53.2 Å². The lowest BCUT2D eigenvalue weighted by Gasteiger charge is -2.17. The summed E-state index contributed by atoms with van der Waals surface area (Å²) in [4.78, 5) is 16.3. The maximum absolute atomic E-state index is 12.7. The Hall–Kier alpha value is -2.65. The molecule has 0 radical (unpaired) electrons. The average molecular weight is 419 g/mol. The van der Waals surface area contributed by atoms with Crippen LogP contribution in [0.1, 0.15) is 36.1 Å². The molecule has 0 atom stereocenters. The number of benzene rings is 1. The van der Waals surface area contributed by atoms with Crippen LogP contribution >= 0.6 is 0 Å². The minimum atomic E-state index is -3.66. The topological polar surface area (TPSA) is 93.5 Å². The smallest absolute Gasteiger partial charge is 0.307 e. The Morgan fingerprint density at radius 1 is 1.31 bits per heavy atom. The van der Waals surface area contributed by atoms with Crippen molar-refractivity contribution in [2.75, 3.05) is 20.2 Å². The van der Waals surface area contributed by atoms with Crippen molar-refractivity contribution in [3.8, 4) is 0 Å². The number of hydrogen-bond donors (Lipinski definition) is 1. The fraction of sp³-hybridized carbons (Fsp3) is 0.400. The highest BCUT2D eigenvalue weighted by Gasteiger charge is 2.22. The number of esters is 1. The van der Waals surface area contributed by atoms with Crippen LogP contribution in [-0.2, 0) is 32.6 Å². The van der Waals surface area contributed by atoms with Gasteiger partial charge >= 0.3 is 5.97 Å². The second-order valence-electron chi connectivity index (χ2n) is 6.82. The zero-order valence-electron chi connectivity index (χ0n) is 16.9. The summed E-state index contributed by atoms with van der Waals surface area (Å²) < 4.78 is 33.6. The molecule has 1 N–H and O–H groups in total. The fourth-order valence-corrected chi connectivity index (χ4v) is 4.36. The molecule has 8 nitrogen and oxygen atoms in total. The molecule has 0 aliphatic carbocycles. The number of carbonyl (C=O) groups is 1. The van der Waals surface area contributed by atoms with E-state index in [1.165, 1.54) is 11.4 Å². The van der Waals surface area contributed by atoms with E-state index in [0.717, 1.165) is 22.8 Å². The van der Waals surface area contributed by atoms with E-state index < -0.39 is 16.0 Å². The van der Waals surface area contributed by atoms with Crippen molar-refractivity contribution in [2.24, 2.45) is 0 Å². The second-order valence-corrected chi connectivity index (χ2v) is 8.86. The minimum Gasteiger partial charge on any atom is -0.466 e. The number of imidazole rings is 1. The van der Waals surface area contributed by atoms with Crippen molar-refractivity contribution in [3.63, 3.8) is 0 Å². The van der Waals surface area contributed by atoms with Gasteiger partial charge in [0.25, 0.3) is 0 Å². The molecule has 0 bridgehead atoms. The van der Waals surface area contributed by atoms with Gasteiger partial charge in [0.2, 0.25) is 10.0 Å². The number of ether oxygens (including phenoxy) is 1. The molecule has 2 aromatic rings. The Morgan fingerprint density at radius 3 is 2.72 bits per heavy atom. The van der Waals surface area contributed by atoms with Crippen molar-refractivity contribution in [1.82, 2.24) is 19.2 Å². The number of aromatic nitrogens is 2. The molecule has 1 aliphatic heterocycles. The highest BCUT2D eigenvalue weighted by atomic mass is 32.2. The Bertz CT molecular complexity index is 1010. The van der Waals surface area contributed by atoms with E-state index in [1.807, 2.05) is 31.3 Å². The standard InChI is InChI=1S/C20H26N4O4S/c1-4-28-20(25)10-12-23(3)29(26,27)17-7-5-16(6-8-17)14-24-15(2)22-18-13-21-11-9-19(18)24/h5-9,11,21H,4,10,12-14H2,1-3H3. The Labute approximate surface area is 171 Å². The number of aryl methyl sites for hydroxylation is 1. The molecule has 0 saturated heterocycles. The van der Waals surface area contributed by atoms with Gasteiger partial charge in [-0.2, -0.15) is 0 Å². The quantitative estimate of drug-likeness (QED) is 0.658. The Morgan fingerprint density at radius 2 is 2.03 bits per heavy atom. The lowest BCUT2D eigenvalue weighted by molar-refractivity contribution is -0.143. The number of sulfonamides is 1. The number of fused-ring (bicyclic) bond motifs is 1. The van der Waals surface area contributed by atoms with Crippen LogP contribution < -0.4 is 5.32 Å². The molecule has 0 unspecified atom stereocenters. The van der Waals surface area contributed by atoms with Crippen LogP contribution in [0.15, 0.2) is 35.4 Å². The van der Waals surface area contributed by atoms with Gasteiger partial charge in [0.15, 0.2) is 0 Å². The minimum absolute atomic E-state index is 0.0229. The zero-order chi connectivity index (χ0) is 21.0. The largest absolute Gasteiger partial charge is 0.466 e. The molecule has 0 amide bonds. The molecule has 1 aromatic carbocycles. The third kappa shape index (κ3) is 4.68. The molecule has 0 fully saturated rings. The van der Waals surface area contributed by atoms with E-state index in [0.29, 0.717) is 13.1 Å². The van der Waals surface area contributed by atoms with Crippen LogP contribution in [0.3, 0.4) is 0 Å². The summed E-state index contributed by atoms with van der Waals surface area (Å²) in [7, 11) is -2.20. The van der Waals surface area contributed by atoms with E-state index in [2.05, 4.69) is 14.9 Å². The van der Waals surface area contributed by atoms with Gasteiger partial charge in [-0.25, -0.2) is 17.7 Å². The van der Waals surface area contributed by atoms with E-state index in [9.17, 15) is 13.2 Å². The number of nitrogens with zero attached hydrogens (tertiary/aromatic N) is 3. The highest BCUT2D eigenvalue weighted by Crippen LogP contribution is 2.20. The van der Waals surface area contributed by atoms with Crippen molar-refractivity contribution in [2.45, 2.75) is 38.3 Å². The summed E-state index contributed by atoms with van der Waals surface area (Å²) in [6, 6.07) is 6.81. The Kier molecular flexibility index (Phi) is 6.39. The molecule has 1 aromatic heterocycles. The first-order valence-corrected chi connectivity index (χ1v) is 10.9. The first-order chi connectivity index (χ1) is 13.8. The van der Waals surface area contributed by atoms with Gasteiger partial charge in [-0.15, -0.1) is 0 Å². The van der Waals surface area contributed by atoms with Crippen LogP contribution in [0.2, 0.25) is 0 Å². The molecule has 156 valence electrons. The van der Waals surface area contributed by atoms with Gasteiger partial charge in [0, 0.05) is 20.1 Å². The molecule has 0 spiro atoms. The van der Waals surface area contributed by atoms with Gasteiger partial charge < -0.3 is 14.6 Å². The predicted molar refractivity (Wildman–Crippen MR) is 109 cm³/mol. The van der Waals surface area contributed by atoms with Gasteiger partial charge in [-0.3, -0.25) is 4.79 Å². The van der Waals surface area contributed by atoms with E-state index in [1.54, 1.807) is 19.1 Å². The Balaban J connectivity index is 1.71. The van der Waals surface area contributed by atoms with Crippen LogP contribution in [0, 0.1) is 6.92 Å². The van der Waals surface area contributed by atoms with Crippen LogP contribution in [0.5, 0.6) is 0 Å². The summed E-state index contributed by atoms with van der Waals surface area (Å²) in [5, 5.41) is 3.15. The first-order valence-electron chi connectivity index (χ1n) is 9.49. The van der Waals surface area contributed by atoms with Crippen LogP contribution in [0.4, 0.5) is 0 Å². The molecule has 3 rings (SSSR count). The van der Waals surface area contributed by atoms with Gasteiger partial charge in [-0.1, -0.05) is 12.1 Å². The normalized spacial score (nSPS) is 13.2. The summed E-state index contributed by atoms with van der Waals surface area (Å²) >= 11 is 0. The molecular formula is C20H26N4O4S. The van der Waals surface area contributed by atoms with E-state index in [4.69, 9.17) is 4.74 Å².